The first kappa shape index (κ1) is 26.7. The number of hydrogen-bond donors (Lipinski definition) is 2. The summed E-state index contributed by atoms with van der Waals surface area (Å²) in [5.41, 5.74) is 6.46. The fourth-order valence-electron chi connectivity index (χ4n) is 4.68. The van der Waals surface area contributed by atoms with Gasteiger partial charge in [-0.25, -0.2) is 4.98 Å². The van der Waals surface area contributed by atoms with Crippen LogP contribution in [0.5, 0.6) is 17.2 Å². The molecule has 0 aliphatic heterocycles. The minimum Gasteiger partial charge on any atom is -0.497 e. The second-order valence-corrected chi connectivity index (χ2v) is 9.33. The summed E-state index contributed by atoms with van der Waals surface area (Å²) < 4.78 is 16.0. The SMILES string of the molecule is CCc1ccc(-c2[nH]nc3nc(-c4ccc(OC)cc4)cc(C(=O)NCCc4ccc(OC)c(OC)c4)c23)cc1. The van der Waals surface area contributed by atoms with E-state index in [2.05, 4.69) is 34.6 Å². The number of methoxy groups -OCH3 is 3. The summed E-state index contributed by atoms with van der Waals surface area (Å²) in [7, 11) is 4.84. The number of amides is 1. The molecule has 40 heavy (non-hydrogen) atoms. The molecule has 0 unspecified atom stereocenters. The Morgan fingerprint density at radius 2 is 1.52 bits per heavy atom. The minimum atomic E-state index is -0.199. The van der Waals surface area contributed by atoms with Crippen LogP contribution in [0.2, 0.25) is 0 Å². The average molecular weight is 537 g/mol. The molecule has 8 heteroatoms. The van der Waals surface area contributed by atoms with Gasteiger partial charge in [-0.05, 0) is 66.4 Å². The number of rotatable bonds is 10. The van der Waals surface area contributed by atoms with E-state index in [1.54, 1.807) is 21.3 Å². The molecule has 0 fully saturated rings. The van der Waals surface area contributed by atoms with Gasteiger partial charge in [-0.2, -0.15) is 5.10 Å². The van der Waals surface area contributed by atoms with Crippen molar-refractivity contribution in [3.63, 3.8) is 0 Å². The van der Waals surface area contributed by atoms with Crippen LogP contribution >= 0.6 is 0 Å². The fraction of sp³-hybridized carbons (Fsp3) is 0.219. The zero-order chi connectivity index (χ0) is 28.1. The summed E-state index contributed by atoms with van der Waals surface area (Å²) in [6.07, 6.45) is 1.58. The molecule has 0 bridgehead atoms. The lowest BCUT2D eigenvalue weighted by molar-refractivity contribution is 0.0955. The Labute approximate surface area is 233 Å². The van der Waals surface area contributed by atoms with E-state index >= 15 is 0 Å². The van der Waals surface area contributed by atoms with E-state index in [0.717, 1.165) is 34.6 Å². The van der Waals surface area contributed by atoms with Crippen molar-refractivity contribution < 1.29 is 19.0 Å². The number of H-pyrrole nitrogens is 1. The number of benzene rings is 3. The van der Waals surface area contributed by atoms with Gasteiger partial charge in [0.1, 0.15) is 5.75 Å². The number of pyridine rings is 1. The standard InChI is InChI=1S/C32H32N4O4/c1-5-20-6-9-23(10-7-20)30-29-25(32(37)33-17-16-21-8-15-27(39-3)28(18-21)40-4)19-26(34-31(29)36-35-30)22-11-13-24(38-2)14-12-22/h6-15,18-19H,5,16-17H2,1-4H3,(H,33,37)(H,34,35,36). The molecule has 0 radical (unpaired) electrons. The number of carbonyl (C=O) groups is 1. The number of aryl methyl sites for hydroxylation is 1. The van der Waals surface area contributed by atoms with Gasteiger partial charge in [0.2, 0.25) is 0 Å². The maximum absolute atomic E-state index is 13.7. The third-order valence-electron chi connectivity index (χ3n) is 6.95. The molecule has 0 atom stereocenters. The van der Waals surface area contributed by atoms with Crippen LogP contribution in [0.1, 0.15) is 28.4 Å². The van der Waals surface area contributed by atoms with Gasteiger partial charge < -0.3 is 19.5 Å². The Morgan fingerprint density at radius 1 is 0.825 bits per heavy atom. The molecule has 0 aliphatic rings. The Bertz CT molecular complexity index is 1630. The highest BCUT2D eigenvalue weighted by Gasteiger charge is 2.20. The first-order chi connectivity index (χ1) is 19.5. The molecule has 2 aromatic heterocycles. The highest BCUT2D eigenvalue weighted by atomic mass is 16.5. The molecule has 0 saturated carbocycles. The number of fused-ring (bicyclic) bond motifs is 1. The van der Waals surface area contributed by atoms with Gasteiger partial charge in [-0.3, -0.25) is 9.89 Å². The van der Waals surface area contributed by atoms with Crippen LogP contribution in [0, 0.1) is 0 Å². The third-order valence-corrected chi connectivity index (χ3v) is 6.95. The summed E-state index contributed by atoms with van der Waals surface area (Å²) in [5, 5.41) is 11.4. The largest absolute Gasteiger partial charge is 0.497 e. The van der Waals surface area contributed by atoms with E-state index in [4.69, 9.17) is 19.2 Å². The first-order valence-corrected chi connectivity index (χ1v) is 13.2. The molecule has 5 rings (SSSR count). The summed E-state index contributed by atoms with van der Waals surface area (Å²) in [6, 6.07) is 23.4. The van der Waals surface area contributed by atoms with Gasteiger partial charge in [-0.15, -0.1) is 0 Å². The van der Waals surface area contributed by atoms with Crippen molar-refractivity contribution in [3.8, 4) is 39.8 Å². The van der Waals surface area contributed by atoms with Crippen LogP contribution in [0.4, 0.5) is 0 Å². The second kappa shape index (κ2) is 11.9. The number of nitrogens with zero attached hydrogens (tertiary/aromatic N) is 2. The highest BCUT2D eigenvalue weighted by Crippen LogP contribution is 2.32. The Kier molecular flexibility index (Phi) is 7.96. The molecule has 8 nitrogen and oxygen atoms in total. The van der Waals surface area contributed by atoms with Gasteiger partial charge >= 0.3 is 0 Å². The van der Waals surface area contributed by atoms with Crippen molar-refractivity contribution in [2.75, 3.05) is 27.9 Å². The summed E-state index contributed by atoms with van der Waals surface area (Å²) >= 11 is 0. The molecule has 1 amide bonds. The normalized spacial score (nSPS) is 10.9. The number of aromatic nitrogens is 3. The Morgan fingerprint density at radius 3 is 2.20 bits per heavy atom. The lowest BCUT2D eigenvalue weighted by Crippen LogP contribution is -2.26. The molecule has 2 N–H and O–H groups in total. The van der Waals surface area contributed by atoms with Crippen LogP contribution in [0.3, 0.4) is 0 Å². The zero-order valence-corrected chi connectivity index (χ0v) is 23.1. The maximum atomic E-state index is 13.7. The van der Waals surface area contributed by atoms with Gasteiger partial charge in [0.25, 0.3) is 5.91 Å². The zero-order valence-electron chi connectivity index (χ0n) is 23.1. The molecular formula is C32H32N4O4. The number of aromatic amines is 1. The van der Waals surface area contributed by atoms with Gasteiger partial charge in [-0.1, -0.05) is 37.3 Å². The molecule has 3 aromatic carbocycles. The van der Waals surface area contributed by atoms with E-state index in [1.165, 1.54) is 5.56 Å². The van der Waals surface area contributed by atoms with Crippen LogP contribution in [0.15, 0.2) is 72.8 Å². The summed E-state index contributed by atoms with van der Waals surface area (Å²) in [6.45, 7) is 2.56. The third kappa shape index (κ3) is 5.47. The predicted molar refractivity (Wildman–Crippen MR) is 156 cm³/mol. The van der Waals surface area contributed by atoms with Gasteiger partial charge in [0.15, 0.2) is 17.1 Å². The van der Waals surface area contributed by atoms with Crippen molar-refractivity contribution in [2.24, 2.45) is 0 Å². The van der Waals surface area contributed by atoms with Gasteiger partial charge in [0, 0.05) is 17.7 Å². The van der Waals surface area contributed by atoms with E-state index < -0.39 is 0 Å². The van der Waals surface area contributed by atoms with Crippen molar-refractivity contribution in [2.45, 2.75) is 19.8 Å². The quantitative estimate of drug-likeness (QED) is 0.232. The molecule has 2 heterocycles. The van der Waals surface area contributed by atoms with E-state index in [1.807, 2.05) is 60.7 Å². The number of carbonyl (C=O) groups excluding carboxylic acids is 1. The van der Waals surface area contributed by atoms with Crippen molar-refractivity contribution in [3.05, 3.63) is 89.5 Å². The summed E-state index contributed by atoms with van der Waals surface area (Å²) in [4.78, 5) is 18.5. The molecule has 0 spiro atoms. The van der Waals surface area contributed by atoms with Crippen LogP contribution in [-0.2, 0) is 12.8 Å². The molecule has 0 aliphatic carbocycles. The second-order valence-electron chi connectivity index (χ2n) is 9.33. The van der Waals surface area contributed by atoms with Crippen LogP contribution < -0.4 is 19.5 Å². The minimum absolute atomic E-state index is 0.199. The van der Waals surface area contributed by atoms with Gasteiger partial charge in [0.05, 0.1) is 43.7 Å². The van der Waals surface area contributed by atoms with E-state index in [9.17, 15) is 4.79 Å². The van der Waals surface area contributed by atoms with Crippen LogP contribution in [-0.4, -0.2) is 49.0 Å². The highest BCUT2D eigenvalue weighted by molar-refractivity contribution is 6.11. The lowest BCUT2D eigenvalue weighted by atomic mass is 10.0. The number of hydrogen-bond acceptors (Lipinski definition) is 6. The van der Waals surface area contributed by atoms with Crippen LogP contribution in [0.25, 0.3) is 33.5 Å². The van der Waals surface area contributed by atoms with E-state index in [0.29, 0.717) is 46.8 Å². The lowest BCUT2D eigenvalue weighted by Gasteiger charge is -2.12. The van der Waals surface area contributed by atoms with E-state index in [-0.39, 0.29) is 5.91 Å². The molecular weight excluding hydrogens is 504 g/mol. The van der Waals surface area contributed by atoms with Crippen molar-refractivity contribution >= 4 is 16.9 Å². The van der Waals surface area contributed by atoms with Crippen molar-refractivity contribution in [1.29, 1.82) is 0 Å². The Hall–Kier alpha value is -4.85. The molecule has 204 valence electrons. The molecule has 0 saturated heterocycles. The monoisotopic (exact) mass is 536 g/mol. The fourth-order valence-corrected chi connectivity index (χ4v) is 4.68. The summed E-state index contributed by atoms with van der Waals surface area (Å²) in [5.74, 6) is 1.87. The maximum Gasteiger partial charge on any atom is 0.252 e. The average Bonchev–Trinajstić information content (AvgIpc) is 3.44. The smallest absolute Gasteiger partial charge is 0.252 e. The first-order valence-electron chi connectivity index (χ1n) is 13.2. The van der Waals surface area contributed by atoms with Crippen molar-refractivity contribution in [1.82, 2.24) is 20.5 Å². The Balaban J connectivity index is 1.49. The number of nitrogens with one attached hydrogen (secondary N) is 2. The topological polar surface area (TPSA) is 98.4 Å². The number of ether oxygens (including phenoxy) is 3. The molecule has 5 aromatic rings. The predicted octanol–water partition coefficient (Wildman–Crippen LogP) is 5.85.